The molecule has 35 heavy (non-hydrogen) atoms. The van der Waals surface area contributed by atoms with Crippen molar-refractivity contribution < 1.29 is 0 Å². The van der Waals surface area contributed by atoms with Gasteiger partial charge in [-0.05, 0) is 29.7 Å². The lowest BCUT2D eigenvalue weighted by Crippen LogP contribution is -1.96. The summed E-state index contributed by atoms with van der Waals surface area (Å²) in [6.45, 7) is 0. The van der Waals surface area contributed by atoms with Crippen LogP contribution < -0.4 is 0 Å². The summed E-state index contributed by atoms with van der Waals surface area (Å²) in [5, 5.41) is 4.28. The molecule has 4 nitrogen and oxygen atoms in total. The molecule has 0 atom stereocenters. The van der Waals surface area contributed by atoms with Crippen molar-refractivity contribution in [2.24, 2.45) is 0 Å². The number of nitrogens with zero attached hydrogens (tertiary/aromatic N) is 4. The van der Waals surface area contributed by atoms with Gasteiger partial charge >= 0.3 is 0 Å². The van der Waals surface area contributed by atoms with Crippen molar-refractivity contribution >= 4 is 43.4 Å². The molecule has 0 aliphatic rings. The normalized spacial score (nSPS) is 11.4. The van der Waals surface area contributed by atoms with Gasteiger partial charge in [-0.2, -0.15) is 0 Å². The molecule has 0 aliphatic carbocycles. The highest BCUT2D eigenvalue weighted by atomic mass is 32.1. The van der Waals surface area contributed by atoms with Crippen LogP contribution in [-0.2, 0) is 0 Å². The van der Waals surface area contributed by atoms with Crippen molar-refractivity contribution in [2.45, 2.75) is 0 Å². The number of pyridine rings is 1. The van der Waals surface area contributed by atoms with Gasteiger partial charge in [0.15, 0.2) is 5.82 Å². The first-order valence-corrected chi connectivity index (χ1v) is 12.2. The molecular formula is C30H18N4S. The average molecular weight is 467 g/mol. The summed E-state index contributed by atoms with van der Waals surface area (Å²) in [5.74, 6) is 0.703. The summed E-state index contributed by atoms with van der Waals surface area (Å²) in [6, 6.07) is 35.2. The van der Waals surface area contributed by atoms with Gasteiger partial charge in [0.2, 0.25) is 0 Å². The maximum absolute atomic E-state index is 5.10. The molecule has 0 fully saturated rings. The summed E-state index contributed by atoms with van der Waals surface area (Å²) >= 11 is 1.60. The Kier molecular flexibility index (Phi) is 4.60. The zero-order chi connectivity index (χ0) is 23.2. The van der Waals surface area contributed by atoms with Gasteiger partial charge < -0.3 is 0 Å². The van der Waals surface area contributed by atoms with Crippen LogP contribution in [0.4, 0.5) is 0 Å². The quantitative estimate of drug-likeness (QED) is 0.249. The van der Waals surface area contributed by atoms with Gasteiger partial charge in [-0.1, -0.05) is 90.2 Å². The molecule has 0 aliphatic heterocycles. The molecule has 3 heterocycles. The standard InChI is InChI=1S/C30H18N4S/c1-2-9-20(10-3-1)26-24-16-15-19-8-4-5-13-23(19)27(24)34-28(33-26)21-11-6-12-22(18-21)29-32-25-14-7-17-31-30(25)35-29/h1-18H. The van der Waals surface area contributed by atoms with Gasteiger partial charge in [0, 0.05) is 33.7 Å². The van der Waals surface area contributed by atoms with Crippen molar-refractivity contribution in [3.05, 3.63) is 109 Å². The minimum absolute atomic E-state index is 0.703. The predicted molar refractivity (Wildman–Crippen MR) is 144 cm³/mol. The molecule has 7 aromatic rings. The average Bonchev–Trinajstić information content (AvgIpc) is 3.37. The zero-order valence-electron chi connectivity index (χ0n) is 18.6. The van der Waals surface area contributed by atoms with E-state index >= 15 is 0 Å². The number of thiazole rings is 1. The monoisotopic (exact) mass is 466 g/mol. The number of hydrogen-bond donors (Lipinski definition) is 0. The number of rotatable bonds is 3. The fraction of sp³-hybridized carbons (Fsp3) is 0. The molecule has 0 unspecified atom stereocenters. The van der Waals surface area contributed by atoms with E-state index < -0.39 is 0 Å². The smallest absolute Gasteiger partial charge is 0.160 e. The van der Waals surface area contributed by atoms with Crippen LogP contribution in [0.3, 0.4) is 0 Å². The van der Waals surface area contributed by atoms with Crippen molar-refractivity contribution in [1.29, 1.82) is 0 Å². The van der Waals surface area contributed by atoms with E-state index in [9.17, 15) is 0 Å². The molecule has 0 N–H and O–H groups in total. The Bertz CT molecular complexity index is 1820. The van der Waals surface area contributed by atoms with E-state index in [2.05, 4.69) is 71.7 Å². The first-order chi connectivity index (χ1) is 17.3. The van der Waals surface area contributed by atoms with E-state index in [1.54, 1.807) is 17.5 Å². The largest absolute Gasteiger partial charge is 0.244 e. The number of fused-ring (bicyclic) bond motifs is 4. The predicted octanol–water partition coefficient (Wildman–Crippen LogP) is 7.79. The molecule has 0 radical (unpaired) electrons. The molecule has 0 amide bonds. The maximum Gasteiger partial charge on any atom is 0.160 e. The van der Waals surface area contributed by atoms with Crippen LogP contribution in [0, 0.1) is 0 Å². The van der Waals surface area contributed by atoms with Gasteiger partial charge in [-0.3, -0.25) is 0 Å². The highest BCUT2D eigenvalue weighted by Gasteiger charge is 2.15. The lowest BCUT2D eigenvalue weighted by molar-refractivity contribution is 1.23. The molecule has 0 saturated carbocycles. The fourth-order valence-corrected chi connectivity index (χ4v) is 5.40. The van der Waals surface area contributed by atoms with Crippen LogP contribution in [0.15, 0.2) is 109 Å². The van der Waals surface area contributed by atoms with Gasteiger partial charge in [0.1, 0.15) is 15.4 Å². The molecule has 3 aromatic heterocycles. The highest BCUT2D eigenvalue weighted by Crippen LogP contribution is 2.35. The molecule has 0 saturated heterocycles. The third-order valence-electron chi connectivity index (χ3n) is 6.17. The Hall–Kier alpha value is -4.48. The third kappa shape index (κ3) is 3.45. The van der Waals surface area contributed by atoms with Crippen LogP contribution in [-0.4, -0.2) is 19.9 Å². The second kappa shape index (κ2) is 8.08. The van der Waals surface area contributed by atoms with E-state index in [4.69, 9.17) is 15.0 Å². The summed E-state index contributed by atoms with van der Waals surface area (Å²) in [4.78, 5) is 20.4. The van der Waals surface area contributed by atoms with E-state index in [-0.39, 0.29) is 0 Å². The molecule has 0 bridgehead atoms. The highest BCUT2D eigenvalue weighted by molar-refractivity contribution is 7.21. The van der Waals surface area contributed by atoms with Crippen molar-refractivity contribution in [3.8, 4) is 33.2 Å². The van der Waals surface area contributed by atoms with Crippen molar-refractivity contribution in [2.75, 3.05) is 0 Å². The second-order valence-corrected chi connectivity index (χ2v) is 9.35. The fourth-order valence-electron chi connectivity index (χ4n) is 4.49. The van der Waals surface area contributed by atoms with Crippen molar-refractivity contribution in [1.82, 2.24) is 19.9 Å². The third-order valence-corrected chi connectivity index (χ3v) is 7.20. The molecule has 7 rings (SSSR count). The first kappa shape index (κ1) is 19.9. The van der Waals surface area contributed by atoms with E-state index in [0.29, 0.717) is 5.82 Å². The summed E-state index contributed by atoms with van der Waals surface area (Å²) < 4.78 is 0. The second-order valence-electron chi connectivity index (χ2n) is 8.37. The number of hydrogen-bond acceptors (Lipinski definition) is 5. The van der Waals surface area contributed by atoms with E-state index in [0.717, 1.165) is 54.0 Å². The van der Waals surface area contributed by atoms with Crippen LogP contribution in [0.5, 0.6) is 0 Å². The Morgan fingerprint density at radius 3 is 2.31 bits per heavy atom. The van der Waals surface area contributed by atoms with Crippen LogP contribution in [0.25, 0.3) is 65.2 Å². The lowest BCUT2D eigenvalue weighted by atomic mass is 10.0. The van der Waals surface area contributed by atoms with E-state index in [1.807, 2.05) is 36.4 Å². The number of benzene rings is 4. The van der Waals surface area contributed by atoms with Crippen LogP contribution in [0.1, 0.15) is 0 Å². The molecule has 0 spiro atoms. The molecular weight excluding hydrogens is 448 g/mol. The lowest BCUT2D eigenvalue weighted by Gasteiger charge is -2.12. The zero-order valence-corrected chi connectivity index (χ0v) is 19.4. The SMILES string of the molecule is c1ccc(-c2nc(-c3cccc(-c4nc5cccnc5s4)c3)nc3c2ccc2ccccc23)cc1. The van der Waals surface area contributed by atoms with Gasteiger partial charge in [-0.25, -0.2) is 19.9 Å². The van der Waals surface area contributed by atoms with Gasteiger partial charge in [-0.15, -0.1) is 0 Å². The Labute approximate surface area is 205 Å². The minimum Gasteiger partial charge on any atom is -0.244 e. The summed E-state index contributed by atoms with van der Waals surface area (Å²) in [5.41, 5.74) is 5.88. The van der Waals surface area contributed by atoms with Crippen molar-refractivity contribution in [3.63, 3.8) is 0 Å². The van der Waals surface area contributed by atoms with Gasteiger partial charge in [0.05, 0.1) is 11.2 Å². The van der Waals surface area contributed by atoms with Crippen LogP contribution in [0.2, 0.25) is 0 Å². The van der Waals surface area contributed by atoms with Gasteiger partial charge in [0.25, 0.3) is 0 Å². The molecule has 164 valence electrons. The summed E-state index contributed by atoms with van der Waals surface area (Å²) in [7, 11) is 0. The topological polar surface area (TPSA) is 51.6 Å². The first-order valence-electron chi connectivity index (χ1n) is 11.4. The molecule has 5 heteroatoms. The molecule has 4 aromatic carbocycles. The minimum atomic E-state index is 0.703. The maximum atomic E-state index is 5.10. The Morgan fingerprint density at radius 2 is 1.40 bits per heavy atom. The van der Waals surface area contributed by atoms with E-state index in [1.165, 1.54) is 5.39 Å². The van der Waals surface area contributed by atoms with Crippen LogP contribution >= 0.6 is 11.3 Å². The number of aromatic nitrogens is 4. The Balaban J connectivity index is 1.47. The summed E-state index contributed by atoms with van der Waals surface area (Å²) in [6.07, 6.45) is 1.80. The Morgan fingerprint density at radius 1 is 0.571 bits per heavy atom.